The van der Waals surface area contributed by atoms with Gasteiger partial charge in [-0.3, -0.25) is 9.36 Å². The Labute approximate surface area is 139 Å². The summed E-state index contributed by atoms with van der Waals surface area (Å²) >= 11 is 0. The minimum Gasteiger partial charge on any atom is -0.387 e. The Morgan fingerprint density at radius 3 is 2.40 bits per heavy atom. The van der Waals surface area contributed by atoms with Gasteiger partial charge in [0.05, 0.1) is 29.1 Å². The van der Waals surface area contributed by atoms with Gasteiger partial charge in [-0.15, -0.1) is 0 Å². The topological polar surface area (TPSA) is 75.1 Å². The molecule has 0 aliphatic rings. The van der Waals surface area contributed by atoms with Gasteiger partial charge in [-0.1, -0.05) is 30.3 Å². The molecule has 0 radical (unpaired) electrons. The fraction of sp³-hybridized carbons (Fsp3) is 0.176. The molecule has 25 heavy (non-hydrogen) atoms. The molecule has 1 atom stereocenters. The van der Waals surface area contributed by atoms with Crippen molar-refractivity contribution < 1.29 is 18.3 Å². The zero-order valence-electron chi connectivity index (χ0n) is 12.7. The van der Waals surface area contributed by atoms with Crippen LogP contribution in [-0.2, 0) is 12.7 Å². The van der Waals surface area contributed by atoms with Gasteiger partial charge in [0.15, 0.2) is 0 Å². The molecule has 1 heterocycles. The number of fused-ring (bicyclic) bond motifs is 1. The molecule has 0 amide bonds. The lowest BCUT2D eigenvalue weighted by Crippen LogP contribution is -2.37. The van der Waals surface area contributed by atoms with E-state index in [0.717, 1.165) is 12.1 Å². The molecular weight excluding hydrogens is 337 g/mol. The minimum atomic E-state index is -4.65. The predicted octanol–water partition coefficient (Wildman–Crippen LogP) is 2.44. The number of H-pyrrole nitrogens is 1. The lowest BCUT2D eigenvalue weighted by Gasteiger charge is -2.18. The van der Waals surface area contributed by atoms with E-state index in [2.05, 4.69) is 4.98 Å². The molecule has 1 unspecified atom stereocenters. The molecule has 3 rings (SSSR count). The van der Waals surface area contributed by atoms with Gasteiger partial charge < -0.3 is 10.1 Å². The normalized spacial score (nSPS) is 13.1. The van der Waals surface area contributed by atoms with Crippen LogP contribution in [0.2, 0.25) is 0 Å². The number of rotatable bonds is 3. The minimum absolute atomic E-state index is 0.207. The number of para-hydroxylation sites is 1. The Hall–Kier alpha value is -2.87. The summed E-state index contributed by atoms with van der Waals surface area (Å²) in [7, 11) is 0. The van der Waals surface area contributed by atoms with Crippen molar-refractivity contribution in [2.24, 2.45) is 0 Å². The van der Waals surface area contributed by atoms with Crippen LogP contribution in [0.1, 0.15) is 17.2 Å². The molecule has 0 saturated carbocycles. The Morgan fingerprint density at radius 1 is 1.04 bits per heavy atom. The first-order valence-electron chi connectivity index (χ1n) is 7.35. The van der Waals surface area contributed by atoms with Gasteiger partial charge in [0.1, 0.15) is 0 Å². The number of alkyl halides is 3. The van der Waals surface area contributed by atoms with Crippen LogP contribution < -0.4 is 11.2 Å². The Balaban J connectivity index is 2.06. The number of halogens is 3. The third-order valence-electron chi connectivity index (χ3n) is 3.87. The summed E-state index contributed by atoms with van der Waals surface area (Å²) in [4.78, 5) is 27.0. The van der Waals surface area contributed by atoms with Crippen LogP contribution in [0, 0.1) is 0 Å². The SMILES string of the molecule is O=c1[nH]c2ccccc2c(=O)n1CC(O)c1ccccc1C(F)(F)F. The maximum absolute atomic E-state index is 13.1. The summed E-state index contributed by atoms with van der Waals surface area (Å²) in [6, 6.07) is 10.8. The molecule has 0 fully saturated rings. The van der Waals surface area contributed by atoms with Crippen LogP contribution in [0.3, 0.4) is 0 Å². The second kappa shape index (κ2) is 6.21. The molecule has 0 aliphatic heterocycles. The number of aromatic amines is 1. The molecule has 0 saturated heterocycles. The second-order valence-corrected chi connectivity index (χ2v) is 5.49. The fourth-order valence-electron chi connectivity index (χ4n) is 2.68. The van der Waals surface area contributed by atoms with Crippen LogP contribution in [0.4, 0.5) is 13.2 Å². The molecule has 2 aromatic carbocycles. The quantitative estimate of drug-likeness (QED) is 0.762. The fourth-order valence-corrected chi connectivity index (χ4v) is 2.68. The monoisotopic (exact) mass is 350 g/mol. The van der Waals surface area contributed by atoms with Gasteiger partial charge in [-0.25, -0.2) is 4.79 Å². The number of benzene rings is 2. The summed E-state index contributed by atoms with van der Waals surface area (Å²) in [5.41, 5.74) is -2.56. The third-order valence-corrected chi connectivity index (χ3v) is 3.87. The molecule has 0 spiro atoms. The van der Waals surface area contributed by atoms with Gasteiger partial charge in [-0.05, 0) is 23.8 Å². The lowest BCUT2D eigenvalue weighted by molar-refractivity contribution is -0.139. The highest BCUT2D eigenvalue weighted by atomic mass is 19.4. The van der Waals surface area contributed by atoms with Gasteiger partial charge >= 0.3 is 11.9 Å². The second-order valence-electron chi connectivity index (χ2n) is 5.49. The maximum atomic E-state index is 13.1. The highest BCUT2D eigenvalue weighted by Crippen LogP contribution is 2.34. The molecule has 8 heteroatoms. The van der Waals surface area contributed by atoms with Crippen LogP contribution in [0.15, 0.2) is 58.1 Å². The summed E-state index contributed by atoms with van der Waals surface area (Å²) in [5.74, 6) is 0. The van der Waals surface area contributed by atoms with Crippen molar-refractivity contribution in [1.29, 1.82) is 0 Å². The predicted molar refractivity (Wildman–Crippen MR) is 85.2 cm³/mol. The van der Waals surface area contributed by atoms with Crippen molar-refractivity contribution in [1.82, 2.24) is 9.55 Å². The average Bonchev–Trinajstić information content (AvgIpc) is 2.57. The molecule has 0 bridgehead atoms. The Morgan fingerprint density at radius 2 is 1.68 bits per heavy atom. The van der Waals surface area contributed by atoms with Gasteiger partial charge in [0, 0.05) is 0 Å². The maximum Gasteiger partial charge on any atom is 0.416 e. The van der Waals surface area contributed by atoms with Crippen molar-refractivity contribution in [3.05, 3.63) is 80.5 Å². The third kappa shape index (κ3) is 3.20. The first-order valence-corrected chi connectivity index (χ1v) is 7.35. The summed E-state index contributed by atoms with van der Waals surface area (Å²) in [6.07, 6.45) is -6.32. The number of aliphatic hydroxyl groups excluding tert-OH is 1. The van der Waals surface area contributed by atoms with E-state index in [9.17, 15) is 27.9 Å². The molecule has 0 aliphatic carbocycles. The number of nitrogens with one attached hydrogen (secondary N) is 1. The van der Waals surface area contributed by atoms with Crippen LogP contribution in [0.5, 0.6) is 0 Å². The molecule has 1 aromatic heterocycles. The highest BCUT2D eigenvalue weighted by Gasteiger charge is 2.34. The van der Waals surface area contributed by atoms with E-state index in [-0.39, 0.29) is 5.39 Å². The molecular formula is C17H13F3N2O3. The number of aliphatic hydroxyl groups is 1. The van der Waals surface area contributed by atoms with Crippen molar-refractivity contribution in [3.8, 4) is 0 Å². The van der Waals surface area contributed by atoms with E-state index >= 15 is 0 Å². The van der Waals surface area contributed by atoms with E-state index in [0.29, 0.717) is 10.1 Å². The standard InChI is InChI=1S/C17H13F3N2O3/c18-17(19,20)12-7-3-1-5-10(12)14(23)9-22-15(24)11-6-2-4-8-13(11)21-16(22)25/h1-8,14,23H,9H2,(H,21,25). The zero-order chi connectivity index (χ0) is 18.2. The number of hydrogen-bond acceptors (Lipinski definition) is 3. The molecule has 130 valence electrons. The van der Waals surface area contributed by atoms with Crippen molar-refractivity contribution in [2.45, 2.75) is 18.8 Å². The molecule has 5 nitrogen and oxygen atoms in total. The van der Waals surface area contributed by atoms with Crippen molar-refractivity contribution in [3.63, 3.8) is 0 Å². The van der Waals surface area contributed by atoms with Crippen molar-refractivity contribution >= 4 is 10.9 Å². The van der Waals surface area contributed by atoms with E-state index in [1.807, 2.05) is 0 Å². The summed E-state index contributed by atoms with van der Waals surface area (Å²) < 4.78 is 39.9. The number of aromatic nitrogens is 2. The largest absolute Gasteiger partial charge is 0.416 e. The van der Waals surface area contributed by atoms with Crippen LogP contribution in [0.25, 0.3) is 10.9 Å². The molecule has 2 N–H and O–H groups in total. The summed E-state index contributed by atoms with van der Waals surface area (Å²) in [6.45, 7) is -0.591. The smallest absolute Gasteiger partial charge is 0.387 e. The first-order chi connectivity index (χ1) is 11.8. The Kier molecular flexibility index (Phi) is 4.22. The van der Waals surface area contributed by atoms with E-state index in [1.54, 1.807) is 12.1 Å². The number of hydrogen-bond donors (Lipinski definition) is 2. The van der Waals surface area contributed by atoms with Gasteiger partial charge in [-0.2, -0.15) is 13.2 Å². The van der Waals surface area contributed by atoms with E-state index < -0.39 is 41.2 Å². The van der Waals surface area contributed by atoms with Gasteiger partial charge in [0.2, 0.25) is 0 Å². The van der Waals surface area contributed by atoms with Crippen molar-refractivity contribution in [2.75, 3.05) is 0 Å². The summed E-state index contributed by atoms with van der Waals surface area (Å²) in [5, 5.41) is 10.4. The van der Waals surface area contributed by atoms with Crippen LogP contribution >= 0.6 is 0 Å². The lowest BCUT2D eigenvalue weighted by atomic mass is 10.0. The van der Waals surface area contributed by atoms with Gasteiger partial charge in [0.25, 0.3) is 5.56 Å². The average molecular weight is 350 g/mol. The van der Waals surface area contributed by atoms with E-state index in [4.69, 9.17) is 0 Å². The van der Waals surface area contributed by atoms with Crippen LogP contribution in [-0.4, -0.2) is 14.7 Å². The highest BCUT2D eigenvalue weighted by molar-refractivity contribution is 5.76. The molecule has 3 aromatic rings. The van der Waals surface area contributed by atoms with E-state index in [1.165, 1.54) is 24.3 Å². The Bertz CT molecular complexity index is 1040. The number of nitrogens with zero attached hydrogens (tertiary/aromatic N) is 1. The zero-order valence-corrected chi connectivity index (χ0v) is 12.7. The first kappa shape index (κ1) is 17.0.